The van der Waals surface area contributed by atoms with Crippen LogP contribution in [0.1, 0.15) is 51.0 Å². The van der Waals surface area contributed by atoms with Gasteiger partial charge in [-0.05, 0) is 61.0 Å². The third kappa shape index (κ3) is 6.97. The van der Waals surface area contributed by atoms with Gasteiger partial charge in [0.15, 0.2) is 0 Å². The minimum atomic E-state index is 0.00537. The molecule has 1 aromatic heterocycles. The molecule has 0 atom stereocenters. The molecule has 1 heterocycles. The second-order valence-corrected chi connectivity index (χ2v) is 8.18. The van der Waals surface area contributed by atoms with Crippen LogP contribution in [0.3, 0.4) is 0 Å². The molecule has 0 spiro atoms. The second kappa shape index (κ2) is 12.5. The van der Waals surface area contributed by atoms with Gasteiger partial charge in [0.2, 0.25) is 0 Å². The molecule has 0 saturated heterocycles. The first-order chi connectivity index (χ1) is 16.1. The number of nitriles is 1. The average molecular weight is 459 g/mol. The maximum Gasteiger partial charge on any atom is 0.262 e. The van der Waals surface area contributed by atoms with Crippen molar-refractivity contribution in [2.75, 3.05) is 6.61 Å². The predicted octanol–water partition coefficient (Wildman–Crippen LogP) is 7.72. The molecule has 0 unspecified atom stereocenters. The Bertz CT molecular complexity index is 1130. The Kier molecular flexibility index (Phi) is 9.12. The molecule has 3 aromatic rings. The zero-order valence-electron chi connectivity index (χ0n) is 18.8. The minimum absolute atomic E-state index is 0.00537. The molecule has 2 aromatic carbocycles. The lowest BCUT2D eigenvalue weighted by atomic mass is 10.1. The Balaban J connectivity index is 1.77. The molecule has 0 aliphatic rings. The van der Waals surface area contributed by atoms with Crippen molar-refractivity contribution in [3.63, 3.8) is 0 Å². The molecule has 0 bridgehead atoms. The van der Waals surface area contributed by atoms with Crippen molar-refractivity contribution >= 4 is 17.7 Å². The van der Waals surface area contributed by atoms with Crippen molar-refractivity contribution in [1.82, 2.24) is 9.78 Å². The molecular formula is C27H27ClN4O. The van der Waals surface area contributed by atoms with Gasteiger partial charge in [0.05, 0.1) is 30.6 Å². The van der Waals surface area contributed by atoms with E-state index < -0.39 is 0 Å². The van der Waals surface area contributed by atoms with Crippen LogP contribution in [0.15, 0.2) is 60.4 Å². The summed E-state index contributed by atoms with van der Waals surface area (Å²) < 4.78 is 7.61. The summed E-state index contributed by atoms with van der Waals surface area (Å²) in [6.07, 6.45) is 10.7. The number of benzene rings is 2. The second-order valence-electron chi connectivity index (χ2n) is 7.75. The van der Waals surface area contributed by atoms with Gasteiger partial charge < -0.3 is 4.74 Å². The van der Waals surface area contributed by atoms with E-state index in [4.69, 9.17) is 28.0 Å². The van der Waals surface area contributed by atoms with E-state index in [0.717, 1.165) is 23.4 Å². The van der Waals surface area contributed by atoms with Crippen LogP contribution >= 0.6 is 11.6 Å². The number of hydrogen-bond donors (Lipinski definition) is 0. The average Bonchev–Trinajstić information content (AvgIpc) is 3.26. The SMILES string of the molecule is [C-]#[N+]/C(C#N)=C/c1cn(-c2ccc(Cl)cc2)nc1-c1ccc(OCCCCCCCC)cc1. The molecule has 0 aliphatic heterocycles. The van der Waals surface area contributed by atoms with Crippen LogP contribution in [0.25, 0.3) is 27.9 Å². The van der Waals surface area contributed by atoms with Gasteiger partial charge >= 0.3 is 0 Å². The number of unbranched alkanes of at least 4 members (excludes halogenated alkanes) is 5. The van der Waals surface area contributed by atoms with E-state index in [9.17, 15) is 5.26 Å². The summed E-state index contributed by atoms with van der Waals surface area (Å²) in [6.45, 7) is 10.1. The summed E-state index contributed by atoms with van der Waals surface area (Å²) in [4.78, 5) is 3.28. The summed E-state index contributed by atoms with van der Waals surface area (Å²) in [5.41, 5.74) is 3.09. The van der Waals surface area contributed by atoms with E-state index in [1.54, 1.807) is 22.9 Å². The standard InChI is InChI=1S/C27H27ClN4O/c1-3-4-5-6-7-8-17-33-26-15-9-21(10-16-26)27-22(18-24(19-29)30-2)20-32(31-27)25-13-11-23(28)12-14-25/h9-16,18,20H,3-8,17H2,1H3/b24-18+. The van der Waals surface area contributed by atoms with E-state index >= 15 is 0 Å². The maximum atomic E-state index is 9.21. The number of nitrogens with zero attached hydrogens (tertiary/aromatic N) is 4. The van der Waals surface area contributed by atoms with Crippen molar-refractivity contribution in [2.45, 2.75) is 45.4 Å². The third-order valence-corrected chi connectivity index (χ3v) is 5.51. The van der Waals surface area contributed by atoms with Gasteiger partial charge in [-0.2, -0.15) is 5.10 Å². The smallest absolute Gasteiger partial charge is 0.262 e. The number of ether oxygens (including phenoxy) is 1. The Morgan fingerprint density at radius 1 is 1.09 bits per heavy atom. The molecule has 168 valence electrons. The summed E-state index contributed by atoms with van der Waals surface area (Å²) in [7, 11) is 0. The topological polar surface area (TPSA) is 55.2 Å². The van der Waals surface area contributed by atoms with Crippen LogP contribution in [0.4, 0.5) is 0 Å². The van der Waals surface area contributed by atoms with Crippen molar-refractivity contribution in [2.24, 2.45) is 0 Å². The largest absolute Gasteiger partial charge is 0.494 e. The van der Waals surface area contributed by atoms with Gasteiger partial charge in [-0.3, -0.25) is 0 Å². The van der Waals surface area contributed by atoms with Crippen LogP contribution in [-0.4, -0.2) is 16.4 Å². The van der Waals surface area contributed by atoms with Gasteiger partial charge in [0.1, 0.15) is 5.75 Å². The molecule has 0 N–H and O–H groups in total. The van der Waals surface area contributed by atoms with Crippen molar-refractivity contribution in [3.8, 4) is 28.8 Å². The molecule has 0 fully saturated rings. The Labute approximate surface area is 200 Å². The summed E-state index contributed by atoms with van der Waals surface area (Å²) in [5.74, 6) is 0.820. The summed E-state index contributed by atoms with van der Waals surface area (Å²) >= 11 is 6.01. The maximum absolute atomic E-state index is 9.21. The van der Waals surface area contributed by atoms with Crippen LogP contribution in [0.2, 0.25) is 5.02 Å². The number of halogens is 1. The lowest BCUT2D eigenvalue weighted by Crippen LogP contribution is -1.97. The Morgan fingerprint density at radius 2 is 1.79 bits per heavy atom. The molecule has 0 saturated carbocycles. The van der Waals surface area contributed by atoms with Crippen molar-refractivity contribution in [3.05, 3.63) is 82.4 Å². The normalized spacial score (nSPS) is 11.1. The highest BCUT2D eigenvalue weighted by Gasteiger charge is 2.12. The Hall–Kier alpha value is -3.54. The van der Waals surface area contributed by atoms with Crippen LogP contribution in [0, 0.1) is 17.9 Å². The fourth-order valence-corrected chi connectivity index (χ4v) is 3.59. The molecule has 5 nitrogen and oxygen atoms in total. The van der Waals surface area contributed by atoms with E-state index in [0.29, 0.717) is 22.9 Å². The zero-order chi connectivity index (χ0) is 23.5. The minimum Gasteiger partial charge on any atom is -0.494 e. The lowest BCUT2D eigenvalue weighted by molar-refractivity contribution is 0.304. The van der Waals surface area contributed by atoms with Gasteiger partial charge in [0, 0.05) is 22.3 Å². The fraction of sp³-hybridized carbons (Fsp3) is 0.296. The van der Waals surface area contributed by atoms with E-state index in [1.807, 2.05) is 48.7 Å². The summed E-state index contributed by atoms with van der Waals surface area (Å²) in [5, 5.41) is 14.6. The highest BCUT2D eigenvalue weighted by Crippen LogP contribution is 2.28. The lowest BCUT2D eigenvalue weighted by Gasteiger charge is -2.07. The number of rotatable bonds is 11. The predicted molar refractivity (Wildman–Crippen MR) is 133 cm³/mol. The summed E-state index contributed by atoms with van der Waals surface area (Å²) in [6, 6.07) is 17.0. The molecule has 3 rings (SSSR count). The van der Waals surface area contributed by atoms with Gasteiger partial charge in [-0.25, -0.2) is 14.8 Å². The van der Waals surface area contributed by atoms with Crippen molar-refractivity contribution < 1.29 is 4.74 Å². The van der Waals surface area contributed by atoms with E-state index in [2.05, 4.69) is 11.8 Å². The highest BCUT2D eigenvalue weighted by molar-refractivity contribution is 6.30. The third-order valence-electron chi connectivity index (χ3n) is 5.26. The van der Waals surface area contributed by atoms with E-state index in [-0.39, 0.29) is 5.70 Å². The molecule has 33 heavy (non-hydrogen) atoms. The fourth-order valence-electron chi connectivity index (χ4n) is 3.46. The van der Waals surface area contributed by atoms with Crippen LogP contribution in [0.5, 0.6) is 5.75 Å². The van der Waals surface area contributed by atoms with Gasteiger partial charge in [-0.1, -0.05) is 50.6 Å². The number of allylic oxidation sites excluding steroid dienone is 1. The first-order valence-electron chi connectivity index (χ1n) is 11.2. The zero-order valence-corrected chi connectivity index (χ0v) is 19.6. The van der Waals surface area contributed by atoms with Crippen LogP contribution in [-0.2, 0) is 0 Å². The van der Waals surface area contributed by atoms with Gasteiger partial charge in [0.25, 0.3) is 5.70 Å². The monoisotopic (exact) mass is 458 g/mol. The molecule has 0 aliphatic carbocycles. The van der Waals surface area contributed by atoms with Crippen LogP contribution < -0.4 is 4.74 Å². The van der Waals surface area contributed by atoms with E-state index in [1.165, 1.54) is 32.1 Å². The Morgan fingerprint density at radius 3 is 2.45 bits per heavy atom. The molecule has 0 radical (unpaired) electrons. The van der Waals surface area contributed by atoms with Gasteiger partial charge in [-0.15, -0.1) is 0 Å². The highest BCUT2D eigenvalue weighted by atomic mass is 35.5. The first kappa shape index (κ1) is 24.1. The quantitative estimate of drug-likeness (QED) is 0.168. The molecular weight excluding hydrogens is 432 g/mol. The number of hydrogen-bond acceptors (Lipinski definition) is 3. The van der Waals surface area contributed by atoms with Crippen molar-refractivity contribution in [1.29, 1.82) is 5.26 Å². The number of aromatic nitrogens is 2. The molecule has 6 heteroatoms. The first-order valence-corrected chi connectivity index (χ1v) is 11.6. The molecule has 0 amide bonds.